The van der Waals surface area contributed by atoms with Gasteiger partial charge in [-0.05, 0) is 51.0 Å². The monoisotopic (exact) mass is 400 g/mol. The minimum atomic E-state index is -0.123. The van der Waals surface area contributed by atoms with Gasteiger partial charge in [-0.15, -0.1) is 0 Å². The van der Waals surface area contributed by atoms with Gasteiger partial charge in [-0.3, -0.25) is 9.59 Å². The number of piperidine rings is 1. The van der Waals surface area contributed by atoms with E-state index in [1.165, 1.54) is 0 Å². The van der Waals surface area contributed by atoms with Gasteiger partial charge in [0.2, 0.25) is 23.5 Å². The molecule has 0 saturated carbocycles. The number of nitrogens with zero attached hydrogens (tertiary/aromatic N) is 3. The third-order valence-corrected chi connectivity index (χ3v) is 4.94. The molecular formula is C21H28N4O4. The number of carbonyl (C=O) groups is 2. The Hall–Kier alpha value is -2.90. The van der Waals surface area contributed by atoms with Crippen LogP contribution in [0.2, 0.25) is 0 Å². The summed E-state index contributed by atoms with van der Waals surface area (Å²) in [6.45, 7) is 6.22. The number of aromatic nitrogens is 2. The van der Waals surface area contributed by atoms with Crippen molar-refractivity contribution in [2.75, 3.05) is 26.2 Å². The standard InChI is InChI=1S/C21H28N4O4/c1-3-22-21(27)16-6-5-13-25(14-16)19(26)12-11-18-23-20(24-29-18)15-7-9-17(10-8-15)28-4-2/h7-10,16H,3-6,11-14H2,1-2H3,(H,22,27). The van der Waals surface area contributed by atoms with E-state index in [2.05, 4.69) is 15.5 Å². The molecule has 1 saturated heterocycles. The molecule has 1 atom stereocenters. The van der Waals surface area contributed by atoms with Crippen LogP contribution in [0.5, 0.6) is 5.75 Å². The lowest BCUT2D eigenvalue weighted by Gasteiger charge is -2.32. The van der Waals surface area contributed by atoms with Crippen molar-refractivity contribution in [2.24, 2.45) is 5.92 Å². The molecule has 0 bridgehead atoms. The van der Waals surface area contributed by atoms with Gasteiger partial charge >= 0.3 is 0 Å². The zero-order valence-corrected chi connectivity index (χ0v) is 17.0. The number of likely N-dealkylation sites (tertiary alicyclic amines) is 1. The molecular weight excluding hydrogens is 372 g/mol. The molecule has 8 nitrogen and oxygen atoms in total. The van der Waals surface area contributed by atoms with Gasteiger partial charge in [-0.25, -0.2) is 0 Å². The predicted molar refractivity (Wildman–Crippen MR) is 107 cm³/mol. The lowest BCUT2D eigenvalue weighted by Crippen LogP contribution is -2.45. The second-order valence-electron chi connectivity index (χ2n) is 7.04. The summed E-state index contributed by atoms with van der Waals surface area (Å²) in [5.41, 5.74) is 0.829. The van der Waals surface area contributed by atoms with Crippen molar-refractivity contribution in [1.29, 1.82) is 0 Å². The van der Waals surface area contributed by atoms with E-state index in [4.69, 9.17) is 9.26 Å². The molecule has 2 amide bonds. The van der Waals surface area contributed by atoms with E-state index in [9.17, 15) is 9.59 Å². The van der Waals surface area contributed by atoms with Gasteiger partial charge in [0.1, 0.15) is 5.75 Å². The molecule has 156 valence electrons. The molecule has 2 aromatic rings. The smallest absolute Gasteiger partial charge is 0.227 e. The number of aryl methyl sites for hydroxylation is 1. The zero-order chi connectivity index (χ0) is 20.6. The lowest BCUT2D eigenvalue weighted by atomic mass is 9.96. The number of hydrogen-bond donors (Lipinski definition) is 1. The highest BCUT2D eigenvalue weighted by atomic mass is 16.5. The fourth-order valence-corrected chi connectivity index (χ4v) is 3.45. The van der Waals surface area contributed by atoms with Gasteiger partial charge < -0.3 is 19.5 Å². The van der Waals surface area contributed by atoms with Gasteiger partial charge in [0.15, 0.2) is 0 Å². The van der Waals surface area contributed by atoms with E-state index < -0.39 is 0 Å². The topological polar surface area (TPSA) is 97.6 Å². The van der Waals surface area contributed by atoms with Crippen molar-refractivity contribution in [3.8, 4) is 17.1 Å². The molecule has 3 rings (SSSR count). The maximum absolute atomic E-state index is 12.6. The molecule has 0 spiro atoms. The largest absolute Gasteiger partial charge is 0.494 e. The Kier molecular flexibility index (Phi) is 7.21. The first kappa shape index (κ1) is 20.8. The normalized spacial score (nSPS) is 16.5. The number of rotatable bonds is 8. The van der Waals surface area contributed by atoms with E-state index in [0.29, 0.717) is 44.4 Å². The molecule has 1 aromatic carbocycles. The maximum Gasteiger partial charge on any atom is 0.227 e. The van der Waals surface area contributed by atoms with Crippen LogP contribution in [-0.4, -0.2) is 53.1 Å². The van der Waals surface area contributed by atoms with Crippen molar-refractivity contribution < 1.29 is 18.8 Å². The quantitative estimate of drug-likeness (QED) is 0.731. The van der Waals surface area contributed by atoms with E-state index in [0.717, 1.165) is 24.2 Å². The van der Waals surface area contributed by atoms with Crippen LogP contribution in [0.4, 0.5) is 0 Å². The van der Waals surface area contributed by atoms with E-state index in [-0.39, 0.29) is 24.2 Å². The zero-order valence-electron chi connectivity index (χ0n) is 17.0. The maximum atomic E-state index is 12.6. The van der Waals surface area contributed by atoms with Crippen LogP contribution in [0.15, 0.2) is 28.8 Å². The van der Waals surface area contributed by atoms with E-state index in [1.807, 2.05) is 38.1 Å². The first-order valence-electron chi connectivity index (χ1n) is 10.2. The Morgan fingerprint density at radius 2 is 2.07 bits per heavy atom. The van der Waals surface area contributed by atoms with Crippen molar-refractivity contribution in [3.05, 3.63) is 30.2 Å². The molecule has 1 aromatic heterocycles. The fraction of sp³-hybridized carbons (Fsp3) is 0.524. The van der Waals surface area contributed by atoms with E-state index >= 15 is 0 Å². The average Bonchev–Trinajstić information content (AvgIpc) is 3.22. The van der Waals surface area contributed by atoms with Crippen molar-refractivity contribution in [1.82, 2.24) is 20.4 Å². The summed E-state index contributed by atoms with van der Waals surface area (Å²) >= 11 is 0. The second kappa shape index (κ2) is 10.0. The molecule has 1 unspecified atom stereocenters. The highest BCUT2D eigenvalue weighted by Crippen LogP contribution is 2.21. The van der Waals surface area contributed by atoms with Crippen molar-refractivity contribution in [2.45, 2.75) is 39.5 Å². The van der Waals surface area contributed by atoms with E-state index in [1.54, 1.807) is 4.90 Å². The van der Waals surface area contributed by atoms with Crippen molar-refractivity contribution >= 4 is 11.8 Å². The van der Waals surface area contributed by atoms with Gasteiger partial charge in [0.05, 0.1) is 12.5 Å². The Balaban J connectivity index is 1.52. The third kappa shape index (κ3) is 5.56. The number of benzene rings is 1. The van der Waals surface area contributed by atoms with Gasteiger partial charge in [-0.2, -0.15) is 4.98 Å². The molecule has 2 heterocycles. The fourth-order valence-electron chi connectivity index (χ4n) is 3.45. The van der Waals surface area contributed by atoms with Gasteiger partial charge in [0, 0.05) is 38.0 Å². The van der Waals surface area contributed by atoms with Crippen LogP contribution < -0.4 is 10.1 Å². The molecule has 1 fully saturated rings. The predicted octanol–water partition coefficient (Wildman–Crippen LogP) is 2.44. The summed E-state index contributed by atoms with van der Waals surface area (Å²) in [5, 5.41) is 6.85. The molecule has 0 aliphatic carbocycles. The van der Waals surface area contributed by atoms with Crippen molar-refractivity contribution in [3.63, 3.8) is 0 Å². The second-order valence-corrected chi connectivity index (χ2v) is 7.04. The molecule has 29 heavy (non-hydrogen) atoms. The number of ether oxygens (including phenoxy) is 1. The van der Waals surface area contributed by atoms with Gasteiger partial charge in [-0.1, -0.05) is 5.16 Å². The molecule has 8 heteroatoms. The minimum Gasteiger partial charge on any atom is -0.494 e. The van der Waals surface area contributed by atoms with Gasteiger partial charge in [0.25, 0.3) is 0 Å². The Bertz CT molecular complexity index is 818. The summed E-state index contributed by atoms with van der Waals surface area (Å²) in [5.74, 6) is 1.63. The molecule has 1 N–H and O–H groups in total. The van der Waals surface area contributed by atoms with Crippen LogP contribution in [0.1, 0.15) is 39.0 Å². The summed E-state index contributed by atoms with van der Waals surface area (Å²) in [7, 11) is 0. The Morgan fingerprint density at radius 3 is 2.79 bits per heavy atom. The summed E-state index contributed by atoms with van der Waals surface area (Å²) in [4.78, 5) is 30.8. The molecule has 1 aliphatic heterocycles. The van der Waals surface area contributed by atoms with Crippen LogP contribution in [0.25, 0.3) is 11.4 Å². The Labute approximate surface area is 170 Å². The SMILES string of the molecule is CCNC(=O)C1CCCN(C(=O)CCc2nc(-c3ccc(OCC)cc3)no2)C1. The minimum absolute atomic E-state index is 0.0137. The highest BCUT2D eigenvalue weighted by molar-refractivity contribution is 5.81. The first-order chi connectivity index (χ1) is 14.1. The van der Waals surface area contributed by atoms with Crippen LogP contribution in [0.3, 0.4) is 0 Å². The van der Waals surface area contributed by atoms with Crippen LogP contribution in [-0.2, 0) is 16.0 Å². The average molecular weight is 400 g/mol. The molecule has 1 aliphatic rings. The molecule has 0 radical (unpaired) electrons. The first-order valence-corrected chi connectivity index (χ1v) is 10.2. The highest BCUT2D eigenvalue weighted by Gasteiger charge is 2.28. The number of amides is 2. The number of hydrogen-bond acceptors (Lipinski definition) is 6. The Morgan fingerprint density at radius 1 is 1.28 bits per heavy atom. The van der Waals surface area contributed by atoms with Crippen LogP contribution >= 0.6 is 0 Å². The summed E-state index contributed by atoms with van der Waals surface area (Å²) in [6.07, 6.45) is 2.33. The number of carbonyl (C=O) groups excluding carboxylic acids is 2. The number of nitrogens with one attached hydrogen (secondary N) is 1. The summed E-state index contributed by atoms with van der Waals surface area (Å²) in [6, 6.07) is 7.47. The lowest BCUT2D eigenvalue weighted by molar-refractivity contribution is -0.135. The third-order valence-electron chi connectivity index (χ3n) is 4.94. The summed E-state index contributed by atoms with van der Waals surface area (Å²) < 4.78 is 10.7. The van der Waals surface area contributed by atoms with Crippen LogP contribution in [0, 0.1) is 5.92 Å².